The molecule has 0 aliphatic carbocycles. The molecule has 17 heavy (non-hydrogen) atoms. The van der Waals surface area contributed by atoms with Crippen LogP contribution in [0.5, 0.6) is 0 Å². The van der Waals surface area contributed by atoms with Crippen molar-refractivity contribution in [2.75, 3.05) is 0 Å². The van der Waals surface area contributed by atoms with Gasteiger partial charge in [-0.05, 0) is 23.1 Å². The van der Waals surface area contributed by atoms with Gasteiger partial charge in [0, 0.05) is 4.90 Å². The highest BCUT2D eigenvalue weighted by Gasteiger charge is 2.13. The molecule has 0 aromatic heterocycles. The van der Waals surface area contributed by atoms with Crippen LogP contribution in [-0.2, 0) is 14.4 Å². The van der Waals surface area contributed by atoms with Gasteiger partial charge in [0.05, 0.1) is 12.0 Å². The summed E-state index contributed by atoms with van der Waals surface area (Å²) in [6, 6.07) is 7.76. The van der Waals surface area contributed by atoms with Gasteiger partial charge in [-0.1, -0.05) is 38.1 Å². The van der Waals surface area contributed by atoms with Crippen molar-refractivity contribution in [3.63, 3.8) is 0 Å². The molecule has 4 nitrogen and oxygen atoms in total. The highest BCUT2D eigenvalue weighted by Crippen LogP contribution is 2.25. The molecule has 0 unspecified atom stereocenters. The number of carbonyl (C=O) groups is 1. The van der Waals surface area contributed by atoms with Gasteiger partial charge in [0.15, 0.2) is 6.21 Å². The van der Waals surface area contributed by atoms with Crippen LogP contribution in [0.3, 0.4) is 0 Å². The lowest BCUT2D eigenvalue weighted by Gasteiger charge is -2.18. The first-order valence-electron chi connectivity index (χ1n) is 5.10. The van der Waals surface area contributed by atoms with Crippen molar-refractivity contribution < 1.29 is 14.2 Å². The Balaban J connectivity index is 2.60. The minimum absolute atomic E-state index is 0.101. The minimum Gasteiger partial charge on any atom is -0.411 e. The van der Waals surface area contributed by atoms with Crippen molar-refractivity contribution in [3.05, 3.63) is 29.8 Å². The second kappa shape index (κ2) is 5.72. The van der Waals surface area contributed by atoms with Crippen molar-refractivity contribution in [1.82, 2.24) is 0 Å². The van der Waals surface area contributed by atoms with E-state index in [1.54, 1.807) is 0 Å². The number of oxime groups is 1. The van der Waals surface area contributed by atoms with Crippen LogP contribution in [0.2, 0.25) is 0 Å². The molecule has 1 aromatic rings. The average molecular weight is 253 g/mol. The standard InChI is InChI=1S/C12H15NO3S/c1-12(2,3)9-4-6-10(7-5-9)17-16-11(14)8-13-15/h4-8,15H,1-3H3/b13-8+. The molecular weight excluding hydrogens is 238 g/mol. The minimum atomic E-state index is -0.697. The van der Waals surface area contributed by atoms with Crippen LogP contribution >= 0.6 is 12.0 Å². The Kier molecular flexibility index (Phi) is 4.57. The fraction of sp³-hybridized carbons (Fsp3) is 0.333. The number of carbonyl (C=O) groups excluding carboxylic acids is 1. The summed E-state index contributed by atoms with van der Waals surface area (Å²) < 4.78 is 4.76. The van der Waals surface area contributed by atoms with E-state index < -0.39 is 5.97 Å². The predicted octanol–water partition coefficient (Wildman–Crippen LogP) is 2.99. The van der Waals surface area contributed by atoms with Gasteiger partial charge in [0.1, 0.15) is 0 Å². The lowest BCUT2D eigenvalue weighted by Crippen LogP contribution is -2.10. The number of benzene rings is 1. The van der Waals surface area contributed by atoms with Crippen molar-refractivity contribution in [2.45, 2.75) is 31.1 Å². The SMILES string of the molecule is CC(C)(C)c1ccc(SOC(=O)/C=N/O)cc1. The smallest absolute Gasteiger partial charge is 0.365 e. The lowest BCUT2D eigenvalue weighted by molar-refractivity contribution is -0.125. The molecule has 1 N–H and O–H groups in total. The molecule has 1 aromatic carbocycles. The first-order valence-corrected chi connectivity index (χ1v) is 5.84. The van der Waals surface area contributed by atoms with Crippen LogP contribution in [0.15, 0.2) is 34.3 Å². The maximum absolute atomic E-state index is 10.9. The van der Waals surface area contributed by atoms with Crippen molar-refractivity contribution >= 4 is 24.2 Å². The van der Waals surface area contributed by atoms with Gasteiger partial charge in [0.2, 0.25) is 0 Å². The first-order chi connectivity index (χ1) is 7.93. The van der Waals surface area contributed by atoms with Crippen molar-refractivity contribution in [2.24, 2.45) is 5.16 Å². The van der Waals surface area contributed by atoms with E-state index >= 15 is 0 Å². The Morgan fingerprint density at radius 1 is 1.35 bits per heavy atom. The molecule has 0 spiro atoms. The lowest BCUT2D eigenvalue weighted by atomic mass is 9.87. The molecule has 5 heteroatoms. The van der Waals surface area contributed by atoms with E-state index in [9.17, 15) is 4.79 Å². The molecule has 0 aliphatic heterocycles. The van der Waals surface area contributed by atoms with E-state index in [0.29, 0.717) is 6.21 Å². The molecule has 0 aliphatic rings. The fourth-order valence-electron chi connectivity index (χ4n) is 1.17. The fourth-order valence-corrected chi connectivity index (χ4v) is 1.64. The molecule has 0 saturated carbocycles. The Bertz CT molecular complexity index is 407. The first kappa shape index (κ1) is 13.6. The van der Waals surface area contributed by atoms with E-state index in [1.165, 1.54) is 5.56 Å². The van der Waals surface area contributed by atoms with E-state index in [1.807, 2.05) is 24.3 Å². The van der Waals surface area contributed by atoms with Crippen LogP contribution < -0.4 is 0 Å². The van der Waals surface area contributed by atoms with Crippen LogP contribution in [0.1, 0.15) is 26.3 Å². The molecule has 0 fully saturated rings. The molecule has 0 amide bonds. The molecular formula is C12H15NO3S. The zero-order chi connectivity index (χ0) is 12.9. The summed E-state index contributed by atoms with van der Waals surface area (Å²) in [7, 11) is 0. The molecule has 92 valence electrons. The Morgan fingerprint density at radius 3 is 2.41 bits per heavy atom. The summed E-state index contributed by atoms with van der Waals surface area (Å²) in [6.45, 7) is 6.40. The number of hydrogen-bond donors (Lipinski definition) is 1. The molecule has 0 saturated heterocycles. The Hall–Kier alpha value is -1.49. The van der Waals surface area contributed by atoms with E-state index in [2.05, 4.69) is 25.9 Å². The Morgan fingerprint density at radius 2 is 1.94 bits per heavy atom. The quantitative estimate of drug-likeness (QED) is 0.389. The molecule has 0 heterocycles. The number of nitrogens with zero attached hydrogens (tertiary/aromatic N) is 1. The van der Waals surface area contributed by atoms with Crippen LogP contribution in [0.25, 0.3) is 0 Å². The zero-order valence-corrected chi connectivity index (χ0v) is 10.8. The largest absolute Gasteiger partial charge is 0.411 e. The van der Waals surface area contributed by atoms with E-state index in [-0.39, 0.29) is 5.41 Å². The topological polar surface area (TPSA) is 58.9 Å². The van der Waals surface area contributed by atoms with Gasteiger partial charge >= 0.3 is 5.97 Å². The van der Waals surface area contributed by atoms with Crippen LogP contribution in [-0.4, -0.2) is 17.4 Å². The number of hydrogen-bond acceptors (Lipinski definition) is 5. The van der Waals surface area contributed by atoms with Crippen molar-refractivity contribution in [3.8, 4) is 0 Å². The third-order valence-corrected chi connectivity index (χ3v) is 2.82. The number of rotatable bonds is 3. The van der Waals surface area contributed by atoms with Gasteiger partial charge in [-0.15, -0.1) is 0 Å². The van der Waals surface area contributed by atoms with Crippen molar-refractivity contribution in [1.29, 1.82) is 0 Å². The monoisotopic (exact) mass is 253 g/mol. The van der Waals surface area contributed by atoms with Gasteiger partial charge in [-0.2, -0.15) is 0 Å². The normalized spacial score (nSPS) is 11.7. The molecule has 0 atom stereocenters. The summed E-state index contributed by atoms with van der Waals surface area (Å²) in [5, 5.41) is 10.7. The van der Waals surface area contributed by atoms with Gasteiger partial charge in [-0.25, -0.2) is 4.79 Å². The molecule has 0 bridgehead atoms. The van der Waals surface area contributed by atoms with Gasteiger partial charge in [-0.3, -0.25) is 0 Å². The summed E-state index contributed by atoms with van der Waals surface area (Å²) in [4.78, 5) is 11.7. The Labute approximate surface area is 105 Å². The summed E-state index contributed by atoms with van der Waals surface area (Å²) in [5.74, 6) is -0.697. The summed E-state index contributed by atoms with van der Waals surface area (Å²) in [5.41, 5.74) is 1.31. The molecule has 1 rings (SSSR count). The maximum Gasteiger partial charge on any atom is 0.365 e. The highest BCUT2D eigenvalue weighted by atomic mass is 32.2. The highest BCUT2D eigenvalue weighted by molar-refractivity contribution is 7.95. The third kappa shape index (κ3) is 4.48. The second-order valence-electron chi connectivity index (χ2n) is 4.50. The molecule has 0 radical (unpaired) electrons. The third-order valence-electron chi connectivity index (χ3n) is 2.10. The average Bonchev–Trinajstić information content (AvgIpc) is 2.26. The maximum atomic E-state index is 10.9. The zero-order valence-electron chi connectivity index (χ0n) is 10.0. The summed E-state index contributed by atoms with van der Waals surface area (Å²) >= 11 is 0.936. The summed E-state index contributed by atoms with van der Waals surface area (Å²) in [6.07, 6.45) is 0.705. The van der Waals surface area contributed by atoms with Gasteiger partial charge < -0.3 is 9.39 Å². The van der Waals surface area contributed by atoms with E-state index in [0.717, 1.165) is 16.9 Å². The second-order valence-corrected chi connectivity index (χ2v) is 5.31. The predicted molar refractivity (Wildman–Crippen MR) is 67.4 cm³/mol. The van der Waals surface area contributed by atoms with Crippen LogP contribution in [0, 0.1) is 0 Å². The van der Waals surface area contributed by atoms with E-state index in [4.69, 9.17) is 9.39 Å². The van der Waals surface area contributed by atoms with Gasteiger partial charge in [0.25, 0.3) is 0 Å². The van der Waals surface area contributed by atoms with Crippen LogP contribution in [0.4, 0.5) is 0 Å².